The Bertz CT molecular complexity index is 1130. The third kappa shape index (κ3) is 4.72. The Morgan fingerprint density at radius 2 is 1.97 bits per heavy atom. The lowest BCUT2D eigenvalue weighted by molar-refractivity contribution is -0.384. The predicted octanol–water partition coefficient (Wildman–Crippen LogP) is 4.57. The Labute approximate surface area is 171 Å². The molecule has 0 radical (unpaired) electrons. The van der Waals surface area contributed by atoms with E-state index in [1.807, 2.05) is 6.07 Å². The highest BCUT2D eigenvalue weighted by atomic mass is 16.6. The summed E-state index contributed by atoms with van der Waals surface area (Å²) in [6.45, 7) is 0.151. The Morgan fingerprint density at radius 1 is 1.20 bits per heavy atom. The molecule has 2 aromatic carbocycles. The van der Waals surface area contributed by atoms with Crippen molar-refractivity contribution in [2.75, 3.05) is 7.11 Å². The first-order valence-corrected chi connectivity index (χ1v) is 8.76. The Balaban J connectivity index is 1.81. The molecule has 0 spiro atoms. The topological polar surface area (TPSA) is 116 Å². The SMILES string of the molecule is COc1ccc(/C=C(\C#N)C(=O)c2ccco2)cc1OCc1ccc([N+](=O)[O-])cc1. The Kier molecular flexibility index (Phi) is 6.25. The van der Waals surface area contributed by atoms with Crippen LogP contribution >= 0.6 is 0 Å². The van der Waals surface area contributed by atoms with Crippen molar-refractivity contribution in [2.45, 2.75) is 6.61 Å². The number of furan rings is 1. The summed E-state index contributed by atoms with van der Waals surface area (Å²) in [6.07, 6.45) is 2.79. The molecule has 0 atom stereocenters. The summed E-state index contributed by atoms with van der Waals surface area (Å²) in [5, 5.41) is 20.1. The van der Waals surface area contributed by atoms with Crippen LogP contribution in [0, 0.1) is 21.4 Å². The van der Waals surface area contributed by atoms with Crippen molar-refractivity contribution in [3.05, 3.63) is 93.4 Å². The van der Waals surface area contributed by atoms with Crippen molar-refractivity contribution in [3.8, 4) is 17.6 Å². The molecule has 0 amide bonds. The van der Waals surface area contributed by atoms with E-state index in [0.29, 0.717) is 17.1 Å². The maximum atomic E-state index is 12.3. The lowest BCUT2D eigenvalue weighted by Gasteiger charge is -2.11. The smallest absolute Gasteiger partial charge is 0.269 e. The fourth-order valence-electron chi connectivity index (χ4n) is 2.63. The molecule has 1 aromatic heterocycles. The van der Waals surface area contributed by atoms with Crippen LogP contribution in [0.15, 0.2) is 70.9 Å². The molecule has 0 aliphatic carbocycles. The van der Waals surface area contributed by atoms with Crippen LogP contribution in [0.1, 0.15) is 21.7 Å². The van der Waals surface area contributed by atoms with Gasteiger partial charge in [-0.3, -0.25) is 14.9 Å². The van der Waals surface area contributed by atoms with E-state index >= 15 is 0 Å². The van der Waals surface area contributed by atoms with Gasteiger partial charge >= 0.3 is 0 Å². The number of ketones is 1. The standard InChI is InChI=1S/C22H16N2O6/c1-28-19-9-6-16(11-17(13-23)22(25)20-3-2-10-29-20)12-21(19)30-14-15-4-7-18(8-5-15)24(26)27/h2-12H,14H2,1H3/b17-11+. The van der Waals surface area contributed by atoms with Gasteiger partial charge in [-0.25, -0.2) is 0 Å². The van der Waals surface area contributed by atoms with Crippen molar-refractivity contribution in [1.29, 1.82) is 5.26 Å². The number of nitriles is 1. The first kappa shape index (κ1) is 20.4. The van der Waals surface area contributed by atoms with Crippen LogP contribution in [-0.4, -0.2) is 17.8 Å². The zero-order valence-electron chi connectivity index (χ0n) is 15.9. The van der Waals surface area contributed by atoms with Crippen molar-refractivity contribution in [2.24, 2.45) is 0 Å². The maximum absolute atomic E-state index is 12.3. The van der Waals surface area contributed by atoms with Crippen LogP contribution in [0.3, 0.4) is 0 Å². The Hall–Kier alpha value is -4.38. The van der Waals surface area contributed by atoms with E-state index in [1.165, 1.54) is 37.6 Å². The van der Waals surface area contributed by atoms with Crippen molar-refractivity contribution < 1.29 is 23.6 Å². The molecule has 0 N–H and O–H groups in total. The molecule has 8 heteroatoms. The van der Waals surface area contributed by atoms with Gasteiger partial charge in [-0.05, 0) is 53.6 Å². The molecule has 0 aliphatic heterocycles. The average molecular weight is 404 g/mol. The summed E-state index contributed by atoms with van der Waals surface area (Å²) in [4.78, 5) is 22.6. The lowest BCUT2D eigenvalue weighted by Crippen LogP contribution is -2.01. The highest BCUT2D eigenvalue weighted by Crippen LogP contribution is 2.30. The van der Waals surface area contributed by atoms with E-state index in [4.69, 9.17) is 13.9 Å². The number of hydrogen-bond acceptors (Lipinski definition) is 7. The molecule has 150 valence electrons. The van der Waals surface area contributed by atoms with Gasteiger partial charge in [0.25, 0.3) is 5.69 Å². The fraction of sp³-hybridized carbons (Fsp3) is 0.0909. The number of Topliss-reactive ketones (excluding diaryl/α,β-unsaturated/α-hetero) is 1. The number of carbonyl (C=O) groups is 1. The van der Waals surface area contributed by atoms with E-state index in [2.05, 4.69) is 0 Å². The largest absolute Gasteiger partial charge is 0.493 e. The van der Waals surface area contributed by atoms with E-state index in [0.717, 1.165) is 5.56 Å². The molecular formula is C22H16N2O6. The minimum Gasteiger partial charge on any atom is -0.493 e. The van der Waals surface area contributed by atoms with Crippen LogP contribution < -0.4 is 9.47 Å². The van der Waals surface area contributed by atoms with E-state index < -0.39 is 10.7 Å². The molecule has 0 aliphatic rings. The van der Waals surface area contributed by atoms with Crippen molar-refractivity contribution in [1.82, 2.24) is 0 Å². The predicted molar refractivity (Wildman–Crippen MR) is 107 cm³/mol. The molecule has 3 rings (SSSR count). The quantitative estimate of drug-likeness (QED) is 0.178. The van der Waals surface area contributed by atoms with E-state index in [1.54, 1.807) is 36.4 Å². The number of nitro groups is 1. The lowest BCUT2D eigenvalue weighted by atomic mass is 10.1. The second-order valence-corrected chi connectivity index (χ2v) is 6.10. The first-order valence-electron chi connectivity index (χ1n) is 8.76. The van der Waals surface area contributed by atoms with E-state index in [9.17, 15) is 20.2 Å². The van der Waals surface area contributed by atoms with Gasteiger partial charge in [-0.15, -0.1) is 0 Å². The van der Waals surface area contributed by atoms with Crippen LogP contribution in [0.2, 0.25) is 0 Å². The number of nitro benzene ring substituents is 1. The van der Waals surface area contributed by atoms with Crippen LogP contribution in [-0.2, 0) is 6.61 Å². The van der Waals surface area contributed by atoms with Gasteiger partial charge in [0.05, 0.1) is 18.3 Å². The molecule has 3 aromatic rings. The number of methoxy groups -OCH3 is 1. The zero-order valence-corrected chi connectivity index (χ0v) is 15.9. The fourth-order valence-corrected chi connectivity index (χ4v) is 2.63. The summed E-state index contributed by atoms with van der Waals surface area (Å²) in [5.41, 5.74) is 1.20. The summed E-state index contributed by atoms with van der Waals surface area (Å²) in [7, 11) is 1.49. The third-order valence-corrected chi connectivity index (χ3v) is 4.15. The molecule has 1 heterocycles. The molecule has 0 bridgehead atoms. The molecule has 0 unspecified atom stereocenters. The highest BCUT2D eigenvalue weighted by molar-refractivity contribution is 6.12. The minimum absolute atomic E-state index is 0.00581. The summed E-state index contributed by atoms with van der Waals surface area (Å²) in [5.74, 6) is 0.412. The van der Waals surface area contributed by atoms with Crippen molar-refractivity contribution >= 4 is 17.5 Å². The highest BCUT2D eigenvalue weighted by Gasteiger charge is 2.15. The summed E-state index contributed by atoms with van der Waals surface area (Å²) >= 11 is 0. The molecule has 0 saturated heterocycles. The number of carbonyl (C=O) groups excluding carboxylic acids is 1. The number of hydrogen-bond donors (Lipinski definition) is 0. The van der Waals surface area contributed by atoms with Crippen LogP contribution in [0.5, 0.6) is 11.5 Å². The summed E-state index contributed by atoms with van der Waals surface area (Å²) in [6, 6.07) is 15.9. The number of ether oxygens (including phenoxy) is 2. The normalized spacial score (nSPS) is 10.9. The molecular weight excluding hydrogens is 388 g/mol. The van der Waals surface area contributed by atoms with Gasteiger partial charge < -0.3 is 13.9 Å². The second-order valence-electron chi connectivity index (χ2n) is 6.10. The molecule has 0 saturated carbocycles. The average Bonchev–Trinajstić information content (AvgIpc) is 3.31. The second kappa shape index (κ2) is 9.21. The van der Waals surface area contributed by atoms with Gasteiger partial charge in [-0.2, -0.15) is 5.26 Å². The number of non-ortho nitro benzene ring substituents is 1. The van der Waals surface area contributed by atoms with Gasteiger partial charge in [-0.1, -0.05) is 6.07 Å². The Morgan fingerprint density at radius 3 is 2.57 bits per heavy atom. The summed E-state index contributed by atoms with van der Waals surface area (Å²) < 4.78 is 16.1. The van der Waals surface area contributed by atoms with Gasteiger partial charge in [0, 0.05) is 12.1 Å². The number of nitrogens with zero attached hydrogens (tertiary/aromatic N) is 2. The first-order chi connectivity index (χ1) is 14.5. The minimum atomic E-state index is -0.522. The van der Waals surface area contributed by atoms with Gasteiger partial charge in [0.1, 0.15) is 18.2 Å². The van der Waals surface area contributed by atoms with Gasteiger partial charge in [0.2, 0.25) is 5.78 Å². The monoisotopic (exact) mass is 404 g/mol. The van der Waals surface area contributed by atoms with Gasteiger partial charge in [0.15, 0.2) is 17.3 Å². The number of rotatable bonds is 8. The van der Waals surface area contributed by atoms with Crippen LogP contribution in [0.25, 0.3) is 6.08 Å². The van der Waals surface area contributed by atoms with Crippen molar-refractivity contribution in [3.63, 3.8) is 0 Å². The zero-order chi connectivity index (χ0) is 21.5. The third-order valence-electron chi connectivity index (χ3n) is 4.15. The molecule has 0 fully saturated rings. The maximum Gasteiger partial charge on any atom is 0.269 e. The molecule has 8 nitrogen and oxygen atoms in total. The molecule has 30 heavy (non-hydrogen) atoms. The van der Waals surface area contributed by atoms with Crippen LogP contribution in [0.4, 0.5) is 5.69 Å². The number of benzene rings is 2. The number of allylic oxidation sites excluding steroid dienone is 1. The van der Waals surface area contributed by atoms with E-state index in [-0.39, 0.29) is 23.6 Å².